The molecule has 2 heterocycles. The minimum atomic E-state index is -0.0631. The summed E-state index contributed by atoms with van der Waals surface area (Å²) < 4.78 is 5.54. The SMILES string of the molecule is CNc1cc(CN2CC(CO)OCC2C)ccn1. The molecule has 1 aliphatic rings. The first kappa shape index (κ1) is 13.3. The molecule has 2 unspecified atom stereocenters. The average molecular weight is 251 g/mol. The van der Waals surface area contributed by atoms with E-state index in [2.05, 4.69) is 28.2 Å². The zero-order chi connectivity index (χ0) is 13.0. The normalized spacial score (nSPS) is 25.1. The Balaban J connectivity index is 2.02. The number of pyridine rings is 1. The summed E-state index contributed by atoms with van der Waals surface area (Å²) in [5.74, 6) is 0.882. The lowest BCUT2D eigenvalue weighted by Crippen LogP contribution is -2.48. The van der Waals surface area contributed by atoms with Gasteiger partial charge in [-0.05, 0) is 24.6 Å². The third-order valence-corrected chi connectivity index (χ3v) is 3.30. The number of hydrogen-bond acceptors (Lipinski definition) is 5. The van der Waals surface area contributed by atoms with Gasteiger partial charge in [0.15, 0.2) is 0 Å². The van der Waals surface area contributed by atoms with Gasteiger partial charge in [-0.2, -0.15) is 0 Å². The predicted molar refractivity (Wildman–Crippen MR) is 70.5 cm³/mol. The maximum Gasteiger partial charge on any atom is 0.125 e. The number of rotatable bonds is 4. The molecule has 0 aromatic carbocycles. The van der Waals surface area contributed by atoms with E-state index in [1.165, 1.54) is 5.56 Å². The summed E-state index contributed by atoms with van der Waals surface area (Å²) in [7, 11) is 1.87. The highest BCUT2D eigenvalue weighted by molar-refractivity contribution is 5.36. The van der Waals surface area contributed by atoms with E-state index in [9.17, 15) is 5.11 Å². The zero-order valence-electron chi connectivity index (χ0n) is 11.0. The molecule has 2 atom stereocenters. The van der Waals surface area contributed by atoms with Crippen LogP contribution in [0.2, 0.25) is 0 Å². The number of nitrogens with one attached hydrogen (secondary N) is 1. The molecule has 5 heteroatoms. The van der Waals surface area contributed by atoms with E-state index in [-0.39, 0.29) is 12.7 Å². The van der Waals surface area contributed by atoms with E-state index in [4.69, 9.17) is 4.74 Å². The molecule has 0 bridgehead atoms. The van der Waals surface area contributed by atoms with Gasteiger partial charge in [-0.25, -0.2) is 4.98 Å². The van der Waals surface area contributed by atoms with Crippen LogP contribution in [0.5, 0.6) is 0 Å². The highest BCUT2D eigenvalue weighted by Gasteiger charge is 2.25. The van der Waals surface area contributed by atoms with Gasteiger partial charge in [0.05, 0.1) is 19.3 Å². The second-order valence-corrected chi connectivity index (χ2v) is 4.72. The molecule has 1 aromatic heterocycles. The van der Waals surface area contributed by atoms with Gasteiger partial charge in [0.25, 0.3) is 0 Å². The molecule has 0 amide bonds. The van der Waals surface area contributed by atoms with Crippen LogP contribution in [-0.4, -0.2) is 53.9 Å². The van der Waals surface area contributed by atoms with Gasteiger partial charge in [-0.1, -0.05) is 0 Å². The van der Waals surface area contributed by atoms with Gasteiger partial charge in [-0.3, -0.25) is 4.90 Å². The Morgan fingerprint density at radius 2 is 2.44 bits per heavy atom. The summed E-state index contributed by atoms with van der Waals surface area (Å²) in [5.41, 5.74) is 1.22. The van der Waals surface area contributed by atoms with Crippen molar-refractivity contribution in [1.82, 2.24) is 9.88 Å². The number of ether oxygens (including phenoxy) is 1. The van der Waals surface area contributed by atoms with E-state index in [0.717, 1.165) is 18.9 Å². The highest BCUT2D eigenvalue weighted by atomic mass is 16.5. The quantitative estimate of drug-likeness (QED) is 0.825. The van der Waals surface area contributed by atoms with Gasteiger partial charge in [0, 0.05) is 32.4 Å². The molecule has 1 aromatic rings. The Morgan fingerprint density at radius 3 is 3.17 bits per heavy atom. The smallest absolute Gasteiger partial charge is 0.125 e. The minimum absolute atomic E-state index is 0.0631. The molecule has 0 spiro atoms. The van der Waals surface area contributed by atoms with Gasteiger partial charge >= 0.3 is 0 Å². The average Bonchev–Trinajstić information content (AvgIpc) is 2.41. The number of hydrogen-bond donors (Lipinski definition) is 2. The van der Waals surface area contributed by atoms with Crippen LogP contribution in [0.3, 0.4) is 0 Å². The van der Waals surface area contributed by atoms with Crippen LogP contribution >= 0.6 is 0 Å². The number of morpholine rings is 1. The molecule has 0 aliphatic carbocycles. The molecular weight excluding hydrogens is 230 g/mol. The fraction of sp³-hybridized carbons (Fsp3) is 0.615. The van der Waals surface area contributed by atoms with Gasteiger partial charge < -0.3 is 15.2 Å². The largest absolute Gasteiger partial charge is 0.394 e. The monoisotopic (exact) mass is 251 g/mol. The van der Waals surface area contributed by atoms with E-state index in [1.54, 1.807) is 0 Å². The predicted octanol–water partition coefficient (Wildman–Crippen LogP) is 0.705. The van der Waals surface area contributed by atoms with Crippen molar-refractivity contribution in [3.63, 3.8) is 0 Å². The van der Waals surface area contributed by atoms with Crippen molar-refractivity contribution < 1.29 is 9.84 Å². The molecule has 100 valence electrons. The summed E-state index contributed by atoms with van der Waals surface area (Å²) in [4.78, 5) is 6.54. The Kier molecular flexibility index (Phi) is 4.52. The number of aliphatic hydroxyl groups excluding tert-OH is 1. The highest BCUT2D eigenvalue weighted by Crippen LogP contribution is 2.16. The molecule has 5 nitrogen and oxygen atoms in total. The summed E-state index contributed by atoms with van der Waals surface area (Å²) >= 11 is 0. The van der Waals surface area contributed by atoms with E-state index >= 15 is 0 Å². The molecule has 0 radical (unpaired) electrons. The van der Waals surface area contributed by atoms with Crippen LogP contribution in [0.1, 0.15) is 12.5 Å². The molecule has 18 heavy (non-hydrogen) atoms. The Bertz CT molecular complexity index is 386. The summed E-state index contributed by atoms with van der Waals surface area (Å²) in [6.07, 6.45) is 1.75. The molecule has 2 rings (SSSR count). The van der Waals surface area contributed by atoms with Gasteiger partial charge in [0.1, 0.15) is 5.82 Å². The number of nitrogens with zero attached hydrogens (tertiary/aromatic N) is 2. The fourth-order valence-corrected chi connectivity index (χ4v) is 2.15. The molecule has 2 N–H and O–H groups in total. The van der Waals surface area contributed by atoms with E-state index in [0.29, 0.717) is 12.6 Å². The first-order valence-electron chi connectivity index (χ1n) is 6.32. The van der Waals surface area contributed by atoms with Gasteiger partial charge in [-0.15, -0.1) is 0 Å². The molecule has 1 saturated heterocycles. The molecule has 1 fully saturated rings. The molecular formula is C13H21N3O2. The van der Waals surface area contributed by atoms with Crippen molar-refractivity contribution in [1.29, 1.82) is 0 Å². The Labute approximate surface area is 108 Å². The molecule has 1 aliphatic heterocycles. The summed E-state index contributed by atoms with van der Waals surface area (Å²) in [6, 6.07) is 4.45. The van der Waals surface area contributed by atoms with Crippen molar-refractivity contribution in [2.45, 2.75) is 25.6 Å². The second-order valence-electron chi connectivity index (χ2n) is 4.72. The van der Waals surface area contributed by atoms with Gasteiger partial charge in [0.2, 0.25) is 0 Å². The lowest BCUT2D eigenvalue weighted by atomic mass is 10.1. The standard InChI is InChI=1S/C13H21N3O2/c1-10-9-18-12(8-17)7-16(10)6-11-3-4-15-13(5-11)14-2/h3-5,10,12,17H,6-9H2,1-2H3,(H,14,15). The first-order chi connectivity index (χ1) is 8.72. The number of aliphatic hydroxyl groups is 1. The van der Waals surface area contributed by atoms with Crippen molar-refractivity contribution >= 4 is 5.82 Å². The lowest BCUT2D eigenvalue weighted by Gasteiger charge is -2.37. The van der Waals surface area contributed by atoms with E-state index < -0.39 is 0 Å². The maximum atomic E-state index is 9.17. The Morgan fingerprint density at radius 1 is 1.61 bits per heavy atom. The molecule has 0 saturated carbocycles. The third kappa shape index (κ3) is 3.19. The van der Waals surface area contributed by atoms with Crippen LogP contribution in [0.15, 0.2) is 18.3 Å². The number of aromatic nitrogens is 1. The minimum Gasteiger partial charge on any atom is -0.394 e. The fourth-order valence-electron chi connectivity index (χ4n) is 2.15. The van der Waals surface area contributed by atoms with Crippen LogP contribution in [-0.2, 0) is 11.3 Å². The van der Waals surface area contributed by atoms with Crippen LogP contribution in [0, 0.1) is 0 Å². The van der Waals surface area contributed by atoms with E-state index in [1.807, 2.05) is 19.3 Å². The van der Waals surface area contributed by atoms with Crippen molar-refractivity contribution in [3.8, 4) is 0 Å². The number of anilines is 1. The van der Waals surface area contributed by atoms with Crippen molar-refractivity contribution in [3.05, 3.63) is 23.9 Å². The van der Waals surface area contributed by atoms with Crippen LogP contribution < -0.4 is 5.32 Å². The Hall–Kier alpha value is -1.17. The topological polar surface area (TPSA) is 57.6 Å². The summed E-state index contributed by atoms with van der Waals surface area (Å²) in [6.45, 7) is 4.54. The third-order valence-electron chi connectivity index (χ3n) is 3.30. The summed E-state index contributed by atoms with van der Waals surface area (Å²) in [5, 5.41) is 12.2. The van der Waals surface area contributed by atoms with Crippen molar-refractivity contribution in [2.75, 3.05) is 32.1 Å². The first-order valence-corrected chi connectivity index (χ1v) is 6.32. The van der Waals surface area contributed by atoms with Crippen molar-refractivity contribution in [2.24, 2.45) is 0 Å². The van der Waals surface area contributed by atoms with Crippen LogP contribution in [0.25, 0.3) is 0 Å². The van der Waals surface area contributed by atoms with Crippen LogP contribution in [0.4, 0.5) is 5.82 Å². The second kappa shape index (κ2) is 6.13. The zero-order valence-corrected chi connectivity index (χ0v) is 11.0. The maximum absolute atomic E-state index is 9.17. The lowest BCUT2D eigenvalue weighted by molar-refractivity contribution is -0.0805.